The van der Waals surface area contributed by atoms with Crippen molar-refractivity contribution < 1.29 is 17.6 Å². The molecule has 19 heavy (non-hydrogen) atoms. The van der Waals surface area contributed by atoms with Crippen LogP contribution in [0.2, 0.25) is 0 Å². The zero-order valence-corrected chi connectivity index (χ0v) is 11.2. The number of rotatable bonds is 4. The van der Waals surface area contributed by atoms with Crippen molar-refractivity contribution in [3.8, 4) is 0 Å². The van der Waals surface area contributed by atoms with E-state index in [1.165, 1.54) is 36.8 Å². The second kappa shape index (κ2) is 5.46. The molecular weight excluding hydrogens is 290 g/mol. The van der Waals surface area contributed by atoms with E-state index in [0.717, 1.165) is 5.56 Å². The minimum atomic E-state index is -3.76. The fourth-order valence-corrected chi connectivity index (χ4v) is 2.22. The Bertz CT molecular complexity index is 662. The molecule has 0 fully saturated rings. The van der Waals surface area contributed by atoms with Gasteiger partial charge in [-0.25, -0.2) is 8.42 Å². The van der Waals surface area contributed by atoms with Crippen LogP contribution in [-0.4, -0.2) is 14.3 Å². The summed E-state index contributed by atoms with van der Waals surface area (Å²) in [5.41, 5.74) is 1.20. The number of nitrogens with one attached hydrogen (secondary N) is 1. The van der Waals surface area contributed by atoms with Crippen LogP contribution in [0.1, 0.15) is 15.9 Å². The Balaban J connectivity index is 2.04. The third kappa shape index (κ3) is 3.59. The number of benzene rings is 1. The van der Waals surface area contributed by atoms with Crippen LogP contribution in [0.3, 0.4) is 0 Å². The Morgan fingerprint density at radius 2 is 1.89 bits per heavy atom. The Hall–Kier alpha value is -1.79. The monoisotopic (exact) mass is 299 g/mol. The summed E-state index contributed by atoms with van der Waals surface area (Å²) in [5.74, 6) is -0.306. The van der Waals surface area contributed by atoms with E-state index in [1.807, 2.05) is 0 Å². The van der Waals surface area contributed by atoms with E-state index < -0.39 is 9.05 Å². The molecule has 0 aliphatic heterocycles. The minimum absolute atomic E-state index is 0.0412. The van der Waals surface area contributed by atoms with Crippen molar-refractivity contribution in [3.63, 3.8) is 0 Å². The molecule has 0 saturated heterocycles. The quantitative estimate of drug-likeness (QED) is 0.878. The van der Waals surface area contributed by atoms with Gasteiger partial charge in [0.2, 0.25) is 0 Å². The zero-order valence-electron chi connectivity index (χ0n) is 9.67. The van der Waals surface area contributed by atoms with Gasteiger partial charge in [0.15, 0.2) is 0 Å². The highest BCUT2D eigenvalue weighted by Crippen LogP contribution is 2.15. The first-order valence-electron chi connectivity index (χ1n) is 5.31. The lowest BCUT2D eigenvalue weighted by atomic mass is 10.2. The number of furan rings is 1. The summed E-state index contributed by atoms with van der Waals surface area (Å²) >= 11 is 0. The number of halogens is 1. The number of carbonyl (C=O) groups is 1. The molecule has 0 bridgehead atoms. The Morgan fingerprint density at radius 1 is 1.21 bits per heavy atom. The number of hydrogen-bond acceptors (Lipinski definition) is 4. The highest BCUT2D eigenvalue weighted by atomic mass is 35.7. The minimum Gasteiger partial charge on any atom is -0.472 e. The summed E-state index contributed by atoms with van der Waals surface area (Å²) in [5, 5.41) is 2.68. The van der Waals surface area contributed by atoms with Crippen LogP contribution in [0, 0.1) is 0 Å². The van der Waals surface area contributed by atoms with E-state index in [-0.39, 0.29) is 10.8 Å². The molecule has 1 N–H and O–H groups in total. The molecule has 1 heterocycles. The molecule has 0 atom stereocenters. The van der Waals surface area contributed by atoms with Crippen LogP contribution in [0.25, 0.3) is 0 Å². The van der Waals surface area contributed by atoms with E-state index >= 15 is 0 Å². The lowest BCUT2D eigenvalue weighted by Crippen LogP contribution is -2.22. The van der Waals surface area contributed by atoms with Crippen molar-refractivity contribution in [2.45, 2.75) is 11.4 Å². The van der Waals surface area contributed by atoms with Gasteiger partial charge in [-0.3, -0.25) is 4.79 Å². The van der Waals surface area contributed by atoms with Gasteiger partial charge in [-0.05, 0) is 30.3 Å². The SMILES string of the molecule is O=C(NCc1ccoc1)c1ccc(S(=O)(=O)Cl)cc1. The molecule has 0 aliphatic rings. The Labute approximate surface area is 114 Å². The van der Waals surface area contributed by atoms with Gasteiger partial charge in [0.25, 0.3) is 15.0 Å². The van der Waals surface area contributed by atoms with Crippen LogP contribution in [0.5, 0.6) is 0 Å². The van der Waals surface area contributed by atoms with Crippen molar-refractivity contribution >= 4 is 25.6 Å². The average molecular weight is 300 g/mol. The van der Waals surface area contributed by atoms with Gasteiger partial charge in [0.05, 0.1) is 17.4 Å². The summed E-state index contributed by atoms with van der Waals surface area (Å²) in [6, 6.07) is 7.12. The first-order chi connectivity index (χ1) is 8.97. The fraction of sp³-hybridized carbons (Fsp3) is 0.0833. The molecule has 0 saturated carbocycles. The highest BCUT2D eigenvalue weighted by Gasteiger charge is 2.11. The van der Waals surface area contributed by atoms with Gasteiger partial charge < -0.3 is 9.73 Å². The van der Waals surface area contributed by atoms with Crippen LogP contribution in [0.4, 0.5) is 0 Å². The third-order valence-corrected chi connectivity index (χ3v) is 3.80. The number of amides is 1. The normalized spacial score (nSPS) is 11.2. The molecule has 0 spiro atoms. The van der Waals surface area contributed by atoms with Crippen molar-refractivity contribution in [3.05, 3.63) is 54.0 Å². The van der Waals surface area contributed by atoms with E-state index in [2.05, 4.69) is 5.32 Å². The zero-order chi connectivity index (χ0) is 13.9. The summed E-state index contributed by atoms with van der Waals surface area (Å²) in [7, 11) is 1.42. The molecule has 5 nitrogen and oxygen atoms in total. The van der Waals surface area contributed by atoms with Gasteiger partial charge in [-0.1, -0.05) is 0 Å². The van der Waals surface area contributed by atoms with Gasteiger partial charge in [-0.15, -0.1) is 0 Å². The van der Waals surface area contributed by atoms with Crippen LogP contribution < -0.4 is 5.32 Å². The molecule has 0 radical (unpaired) electrons. The molecule has 1 amide bonds. The van der Waals surface area contributed by atoms with E-state index in [4.69, 9.17) is 15.1 Å². The lowest BCUT2D eigenvalue weighted by molar-refractivity contribution is 0.0951. The molecule has 0 unspecified atom stereocenters. The maximum Gasteiger partial charge on any atom is 0.261 e. The third-order valence-electron chi connectivity index (χ3n) is 2.43. The number of hydrogen-bond donors (Lipinski definition) is 1. The predicted octanol–water partition coefficient (Wildman–Crippen LogP) is 2.14. The van der Waals surface area contributed by atoms with Crippen molar-refractivity contribution in [1.82, 2.24) is 5.32 Å². The second-order valence-electron chi connectivity index (χ2n) is 3.78. The number of carbonyl (C=O) groups excluding carboxylic acids is 1. The van der Waals surface area contributed by atoms with Crippen LogP contribution in [-0.2, 0) is 15.6 Å². The standard InChI is InChI=1S/C12H10ClNO4S/c13-19(16,17)11-3-1-10(2-4-11)12(15)14-7-9-5-6-18-8-9/h1-6,8H,7H2,(H,14,15). The van der Waals surface area contributed by atoms with Crippen molar-refractivity contribution in [2.24, 2.45) is 0 Å². The van der Waals surface area contributed by atoms with Gasteiger partial charge >= 0.3 is 0 Å². The topological polar surface area (TPSA) is 76.4 Å². The fourth-order valence-electron chi connectivity index (χ4n) is 1.45. The highest BCUT2D eigenvalue weighted by molar-refractivity contribution is 8.13. The van der Waals surface area contributed by atoms with E-state index in [9.17, 15) is 13.2 Å². The van der Waals surface area contributed by atoms with Gasteiger partial charge in [0, 0.05) is 28.4 Å². The summed E-state index contributed by atoms with van der Waals surface area (Å²) in [4.78, 5) is 11.7. The molecule has 100 valence electrons. The predicted molar refractivity (Wildman–Crippen MR) is 69.4 cm³/mol. The first-order valence-corrected chi connectivity index (χ1v) is 7.62. The summed E-state index contributed by atoms with van der Waals surface area (Å²) in [6.07, 6.45) is 3.05. The maximum atomic E-state index is 11.8. The average Bonchev–Trinajstić information content (AvgIpc) is 2.88. The van der Waals surface area contributed by atoms with Crippen LogP contribution in [0.15, 0.2) is 52.2 Å². The van der Waals surface area contributed by atoms with Crippen molar-refractivity contribution in [2.75, 3.05) is 0 Å². The Morgan fingerprint density at radius 3 is 2.42 bits per heavy atom. The molecule has 0 aliphatic carbocycles. The van der Waals surface area contributed by atoms with E-state index in [0.29, 0.717) is 12.1 Å². The Kier molecular flexibility index (Phi) is 3.92. The summed E-state index contributed by atoms with van der Waals surface area (Å²) < 4.78 is 27.0. The molecule has 1 aromatic heterocycles. The maximum absolute atomic E-state index is 11.8. The second-order valence-corrected chi connectivity index (χ2v) is 6.34. The molecule has 1 aromatic carbocycles. The van der Waals surface area contributed by atoms with Crippen LogP contribution >= 0.6 is 10.7 Å². The lowest BCUT2D eigenvalue weighted by Gasteiger charge is -2.04. The van der Waals surface area contributed by atoms with E-state index in [1.54, 1.807) is 6.07 Å². The molecule has 7 heteroatoms. The largest absolute Gasteiger partial charge is 0.472 e. The van der Waals surface area contributed by atoms with Crippen molar-refractivity contribution in [1.29, 1.82) is 0 Å². The molecule has 2 rings (SSSR count). The van der Waals surface area contributed by atoms with Gasteiger partial charge in [-0.2, -0.15) is 0 Å². The molecular formula is C12H10ClNO4S. The first kappa shape index (κ1) is 13.6. The van der Waals surface area contributed by atoms with Gasteiger partial charge in [0.1, 0.15) is 0 Å². The molecule has 2 aromatic rings. The summed E-state index contributed by atoms with van der Waals surface area (Å²) in [6.45, 7) is 0.338. The smallest absolute Gasteiger partial charge is 0.261 e.